The fourth-order valence-electron chi connectivity index (χ4n) is 3.59. The number of carboxylic acid groups (broad SMARTS) is 1. The van der Waals surface area contributed by atoms with E-state index in [1.54, 1.807) is 24.3 Å². The lowest BCUT2D eigenvalue weighted by atomic mass is 9.39. The second-order valence-electron chi connectivity index (χ2n) is 6.28. The summed E-state index contributed by atoms with van der Waals surface area (Å²) in [5.74, 6) is 1.71. The molecule has 8 heteroatoms. The van der Waals surface area contributed by atoms with Crippen LogP contribution in [0.2, 0.25) is 5.02 Å². The van der Waals surface area contributed by atoms with E-state index in [1.165, 1.54) is 0 Å². The van der Waals surface area contributed by atoms with Crippen molar-refractivity contribution < 1.29 is 19.2 Å². The lowest BCUT2D eigenvalue weighted by Gasteiger charge is -2.68. The average molecular weight is 336 g/mol. The number of halogens is 1. The standard InChI is InChI=1S/C15H14ClN3O4/c16-9-1-3-10(4-2-9)22-5-11-17-12(19-23-11)14-6-15(7-14,8-14)18-13(20)21/h1-4,18H,5-8H2,(H,20,21). The number of aromatic nitrogens is 2. The van der Waals surface area contributed by atoms with Crippen molar-refractivity contribution in [1.82, 2.24) is 15.5 Å². The smallest absolute Gasteiger partial charge is 0.405 e. The molecule has 120 valence electrons. The molecule has 23 heavy (non-hydrogen) atoms. The van der Waals surface area contributed by atoms with E-state index in [0.717, 1.165) is 19.3 Å². The Morgan fingerprint density at radius 2 is 2.04 bits per heavy atom. The zero-order chi connectivity index (χ0) is 16.1. The minimum atomic E-state index is -0.983. The van der Waals surface area contributed by atoms with Crippen LogP contribution in [0.4, 0.5) is 4.79 Å². The molecule has 7 nitrogen and oxygen atoms in total. The van der Waals surface area contributed by atoms with Crippen molar-refractivity contribution in [2.24, 2.45) is 0 Å². The minimum absolute atomic E-state index is 0.134. The Bertz CT molecular complexity index is 739. The van der Waals surface area contributed by atoms with Gasteiger partial charge in [-0.15, -0.1) is 0 Å². The van der Waals surface area contributed by atoms with Crippen molar-refractivity contribution in [1.29, 1.82) is 0 Å². The third-order valence-corrected chi connectivity index (χ3v) is 4.77. The normalized spacial score (nSPS) is 27.7. The molecule has 1 heterocycles. The largest absolute Gasteiger partial charge is 0.484 e. The molecule has 0 unspecified atom stereocenters. The molecule has 1 aromatic carbocycles. The van der Waals surface area contributed by atoms with E-state index in [9.17, 15) is 4.79 Å². The summed E-state index contributed by atoms with van der Waals surface area (Å²) in [6.45, 7) is 0.184. The molecule has 2 bridgehead atoms. The van der Waals surface area contributed by atoms with Gasteiger partial charge in [-0.05, 0) is 43.5 Å². The third-order valence-electron chi connectivity index (χ3n) is 4.52. The van der Waals surface area contributed by atoms with Gasteiger partial charge in [0, 0.05) is 16.0 Å². The monoisotopic (exact) mass is 335 g/mol. The number of amides is 1. The molecule has 3 fully saturated rings. The quantitative estimate of drug-likeness (QED) is 0.872. The summed E-state index contributed by atoms with van der Waals surface area (Å²) < 4.78 is 10.8. The van der Waals surface area contributed by atoms with Gasteiger partial charge in [-0.3, -0.25) is 0 Å². The number of carbonyl (C=O) groups is 1. The van der Waals surface area contributed by atoms with Crippen molar-refractivity contribution in [2.45, 2.75) is 36.8 Å². The highest BCUT2D eigenvalue weighted by Crippen LogP contribution is 2.67. The summed E-state index contributed by atoms with van der Waals surface area (Å²) >= 11 is 5.81. The Kier molecular flexibility index (Phi) is 3.02. The first-order valence-corrected chi connectivity index (χ1v) is 7.59. The highest BCUT2D eigenvalue weighted by Gasteiger charge is 2.71. The van der Waals surface area contributed by atoms with Gasteiger partial charge in [0.15, 0.2) is 12.4 Å². The van der Waals surface area contributed by atoms with Crippen LogP contribution in [-0.4, -0.2) is 26.9 Å². The Morgan fingerprint density at radius 1 is 1.35 bits per heavy atom. The summed E-state index contributed by atoms with van der Waals surface area (Å²) in [4.78, 5) is 15.1. The van der Waals surface area contributed by atoms with Gasteiger partial charge in [0.1, 0.15) is 5.75 Å². The molecule has 1 amide bonds. The first kappa shape index (κ1) is 14.3. The van der Waals surface area contributed by atoms with E-state index in [0.29, 0.717) is 22.5 Å². The first-order chi connectivity index (χ1) is 11.0. The summed E-state index contributed by atoms with van der Waals surface area (Å²) in [7, 11) is 0. The van der Waals surface area contributed by atoms with E-state index in [1.807, 2.05) is 0 Å². The predicted octanol–water partition coefficient (Wildman–Crippen LogP) is 2.74. The fourth-order valence-corrected chi connectivity index (χ4v) is 3.72. The number of ether oxygens (including phenoxy) is 1. The van der Waals surface area contributed by atoms with Crippen molar-refractivity contribution in [2.75, 3.05) is 0 Å². The summed E-state index contributed by atoms with van der Waals surface area (Å²) in [6, 6.07) is 7.02. The van der Waals surface area contributed by atoms with Crippen molar-refractivity contribution >= 4 is 17.7 Å². The van der Waals surface area contributed by atoms with Gasteiger partial charge >= 0.3 is 6.09 Å². The molecule has 0 aliphatic heterocycles. The Labute approximate surface area is 136 Å². The average Bonchev–Trinajstić information content (AvgIpc) is 2.89. The van der Waals surface area contributed by atoms with E-state index in [-0.39, 0.29) is 17.6 Å². The van der Waals surface area contributed by atoms with Gasteiger partial charge in [0.2, 0.25) is 0 Å². The molecule has 1 aromatic heterocycles. The maximum Gasteiger partial charge on any atom is 0.405 e. The van der Waals surface area contributed by atoms with Crippen molar-refractivity contribution in [3.63, 3.8) is 0 Å². The minimum Gasteiger partial charge on any atom is -0.484 e. The molecule has 0 atom stereocenters. The second kappa shape index (κ2) is 4.86. The molecule has 3 saturated carbocycles. The molecule has 5 rings (SSSR count). The molecule has 0 spiro atoms. The molecule has 3 aliphatic carbocycles. The number of nitrogens with one attached hydrogen (secondary N) is 1. The maximum atomic E-state index is 10.7. The van der Waals surface area contributed by atoms with Gasteiger partial charge in [-0.25, -0.2) is 4.79 Å². The molecule has 2 aromatic rings. The predicted molar refractivity (Wildman–Crippen MR) is 79.5 cm³/mol. The molecule has 0 radical (unpaired) electrons. The Hall–Kier alpha value is -2.28. The second-order valence-corrected chi connectivity index (χ2v) is 6.71. The van der Waals surface area contributed by atoms with Crippen LogP contribution < -0.4 is 10.1 Å². The van der Waals surface area contributed by atoms with Gasteiger partial charge in [0.05, 0.1) is 0 Å². The van der Waals surface area contributed by atoms with E-state index < -0.39 is 6.09 Å². The maximum absolute atomic E-state index is 10.7. The summed E-state index contributed by atoms with van der Waals surface area (Å²) in [5.41, 5.74) is -0.420. The highest BCUT2D eigenvalue weighted by molar-refractivity contribution is 6.30. The Balaban J connectivity index is 1.36. The first-order valence-electron chi connectivity index (χ1n) is 7.21. The van der Waals surface area contributed by atoms with Gasteiger partial charge < -0.3 is 19.7 Å². The Morgan fingerprint density at radius 3 is 2.70 bits per heavy atom. The van der Waals surface area contributed by atoms with Crippen molar-refractivity contribution in [3.05, 3.63) is 41.0 Å². The van der Waals surface area contributed by atoms with Crippen LogP contribution in [0, 0.1) is 0 Å². The van der Waals surface area contributed by atoms with Crippen molar-refractivity contribution in [3.8, 4) is 5.75 Å². The number of benzene rings is 1. The van der Waals surface area contributed by atoms with Gasteiger partial charge in [0.25, 0.3) is 5.89 Å². The molecular formula is C15H14ClN3O4. The molecule has 0 saturated heterocycles. The zero-order valence-electron chi connectivity index (χ0n) is 12.1. The third kappa shape index (κ3) is 2.41. The topological polar surface area (TPSA) is 97.5 Å². The van der Waals surface area contributed by atoms with Crippen LogP contribution in [0.25, 0.3) is 0 Å². The van der Waals surface area contributed by atoms with Crippen LogP contribution in [-0.2, 0) is 12.0 Å². The number of rotatable bonds is 5. The van der Waals surface area contributed by atoms with E-state index in [4.69, 9.17) is 26.0 Å². The van der Waals surface area contributed by atoms with Gasteiger partial charge in [-0.2, -0.15) is 4.98 Å². The van der Waals surface area contributed by atoms with E-state index >= 15 is 0 Å². The number of hydrogen-bond acceptors (Lipinski definition) is 5. The van der Waals surface area contributed by atoms with Crippen LogP contribution in [0.15, 0.2) is 28.8 Å². The SMILES string of the molecule is O=C(O)NC12CC(c3noc(COc4ccc(Cl)cc4)n3)(C1)C2. The summed E-state index contributed by atoms with van der Waals surface area (Å²) in [6.07, 6.45) is 1.19. The van der Waals surface area contributed by atoms with Gasteiger partial charge in [-0.1, -0.05) is 16.8 Å². The molecule has 3 aliphatic rings. The van der Waals surface area contributed by atoms with Crippen LogP contribution >= 0.6 is 11.6 Å². The lowest BCUT2D eigenvalue weighted by molar-refractivity contribution is -0.0886. The molecular weight excluding hydrogens is 322 g/mol. The zero-order valence-corrected chi connectivity index (χ0v) is 12.8. The van der Waals surface area contributed by atoms with Crippen LogP contribution in [0.5, 0.6) is 5.75 Å². The number of hydrogen-bond donors (Lipinski definition) is 2. The lowest BCUT2D eigenvalue weighted by Crippen LogP contribution is -2.76. The van der Waals surface area contributed by atoms with Crippen LogP contribution in [0.3, 0.4) is 0 Å². The van der Waals surface area contributed by atoms with E-state index in [2.05, 4.69) is 15.5 Å². The summed E-state index contributed by atoms with van der Waals surface area (Å²) in [5, 5.41) is 16.0. The number of nitrogens with zero attached hydrogens (tertiary/aromatic N) is 2. The molecule has 2 N–H and O–H groups in total. The fraction of sp³-hybridized carbons (Fsp3) is 0.400. The van der Waals surface area contributed by atoms with Crippen LogP contribution in [0.1, 0.15) is 31.0 Å². The highest BCUT2D eigenvalue weighted by atomic mass is 35.5.